The van der Waals surface area contributed by atoms with Crippen molar-refractivity contribution in [3.8, 4) is 22.8 Å². The smallest absolute Gasteiger partial charge is 0.288 e. The molecule has 10 nitrogen and oxygen atoms in total. The Labute approximate surface area is 184 Å². The largest absolute Gasteiger partial charge is 0.504 e. The monoisotopic (exact) mass is 457 g/mol. The molecule has 5 rings (SSSR count). The minimum Gasteiger partial charge on any atom is -0.504 e. The molecule has 3 heterocycles. The van der Waals surface area contributed by atoms with Gasteiger partial charge in [0.2, 0.25) is 5.95 Å². The van der Waals surface area contributed by atoms with E-state index in [1.807, 2.05) is 0 Å². The maximum Gasteiger partial charge on any atom is 0.288 e. The second-order valence-electron chi connectivity index (χ2n) is 6.72. The third-order valence-corrected chi connectivity index (χ3v) is 5.52. The van der Waals surface area contributed by atoms with Crippen LogP contribution in [0.3, 0.4) is 0 Å². The molecule has 0 unspecified atom stereocenters. The molecular formula is C19H13Cl2N7O3. The molecule has 1 aliphatic rings. The van der Waals surface area contributed by atoms with Gasteiger partial charge in [0.15, 0.2) is 11.5 Å². The van der Waals surface area contributed by atoms with Crippen molar-refractivity contribution in [3.05, 3.63) is 67.9 Å². The zero-order chi connectivity index (χ0) is 21.7. The van der Waals surface area contributed by atoms with Gasteiger partial charge in [-0.25, -0.2) is 5.10 Å². The lowest BCUT2D eigenvalue weighted by atomic mass is 9.92. The Kier molecular flexibility index (Phi) is 4.53. The number of hydrogen-bond acceptors (Lipinski definition) is 8. The maximum absolute atomic E-state index is 12.7. The summed E-state index contributed by atoms with van der Waals surface area (Å²) >= 11 is 12.5. The summed E-state index contributed by atoms with van der Waals surface area (Å²) in [7, 11) is 1.45. The highest BCUT2D eigenvalue weighted by molar-refractivity contribution is 6.36. The second-order valence-corrected chi connectivity index (χ2v) is 7.56. The Balaban J connectivity index is 1.83. The van der Waals surface area contributed by atoms with Crippen molar-refractivity contribution in [2.24, 2.45) is 0 Å². The standard InChI is InChI=1S/C19H13Cl2N7O3/c1-31-13-6-8(2-5-12(13)29)17-14-15(10-4-3-9(20)7-11(10)21)23-24-18(30)16(14)22-19-25-26-27-28(17)19/h2-7,17,29H,1H3,(H,24,30)(H,22,25,27)/t17-/m0/s1. The maximum atomic E-state index is 12.7. The van der Waals surface area contributed by atoms with Crippen molar-refractivity contribution in [1.29, 1.82) is 0 Å². The van der Waals surface area contributed by atoms with Gasteiger partial charge in [-0.2, -0.15) is 9.78 Å². The van der Waals surface area contributed by atoms with Crippen molar-refractivity contribution in [1.82, 2.24) is 30.4 Å². The quantitative estimate of drug-likeness (QED) is 0.376. The number of ether oxygens (including phenoxy) is 1. The number of phenolic OH excluding ortho intramolecular Hbond substituents is 1. The summed E-state index contributed by atoms with van der Waals surface area (Å²) in [6.07, 6.45) is 0. The van der Waals surface area contributed by atoms with Crippen molar-refractivity contribution < 1.29 is 9.84 Å². The van der Waals surface area contributed by atoms with Crippen LogP contribution in [0.15, 0.2) is 41.2 Å². The molecule has 0 radical (unpaired) electrons. The molecule has 0 saturated carbocycles. The van der Waals surface area contributed by atoms with Gasteiger partial charge in [-0.05, 0) is 46.3 Å². The second kappa shape index (κ2) is 7.25. The molecule has 31 heavy (non-hydrogen) atoms. The average molecular weight is 458 g/mol. The summed E-state index contributed by atoms with van der Waals surface area (Å²) in [6.45, 7) is 0. The van der Waals surface area contributed by atoms with E-state index >= 15 is 0 Å². The third kappa shape index (κ3) is 3.07. The third-order valence-electron chi connectivity index (χ3n) is 4.97. The predicted molar refractivity (Wildman–Crippen MR) is 113 cm³/mol. The summed E-state index contributed by atoms with van der Waals surface area (Å²) in [4.78, 5) is 12.7. The molecule has 0 amide bonds. The van der Waals surface area contributed by atoms with Gasteiger partial charge in [0, 0.05) is 16.1 Å². The number of H-pyrrole nitrogens is 1. The zero-order valence-corrected chi connectivity index (χ0v) is 17.3. The van der Waals surface area contributed by atoms with Gasteiger partial charge in [0.1, 0.15) is 17.4 Å². The predicted octanol–water partition coefficient (Wildman–Crippen LogP) is 3.14. The molecule has 12 heteroatoms. The normalized spacial score (nSPS) is 14.5. The summed E-state index contributed by atoms with van der Waals surface area (Å²) in [5.74, 6) is 0.507. The van der Waals surface area contributed by atoms with E-state index in [0.29, 0.717) is 32.4 Å². The molecule has 1 atom stereocenters. The molecule has 2 aromatic carbocycles. The Hall–Kier alpha value is -3.63. The fraction of sp³-hybridized carbons (Fsp3) is 0.105. The lowest BCUT2D eigenvalue weighted by Crippen LogP contribution is -2.29. The highest BCUT2D eigenvalue weighted by atomic mass is 35.5. The number of nitrogens with zero attached hydrogens (tertiary/aromatic N) is 5. The number of nitrogens with one attached hydrogen (secondary N) is 2. The summed E-state index contributed by atoms with van der Waals surface area (Å²) in [5.41, 5.74) is 1.92. The van der Waals surface area contributed by atoms with Crippen LogP contribution in [0.5, 0.6) is 11.5 Å². The Morgan fingerprint density at radius 3 is 2.81 bits per heavy atom. The van der Waals surface area contributed by atoms with Gasteiger partial charge < -0.3 is 15.2 Å². The van der Waals surface area contributed by atoms with Crippen molar-refractivity contribution in [2.45, 2.75) is 6.04 Å². The van der Waals surface area contributed by atoms with Crippen LogP contribution in [-0.4, -0.2) is 42.6 Å². The number of aromatic nitrogens is 6. The van der Waals surface area contributed by atoms with E-state index in [9.17, 15) is 9.90 Å². The summed E-state index contributed by atoms with van der Waals surface area (Å²) < 4.78 is 6.78. The fourth-order valence-electron chi connectivity index (χ4n) is 3.60. The van der Waals surface area contributed by atoms with Gasteiger partial charge in [-0.1, -0.05) is 34.4 Å². The number of methoxy groups -OCH3 is 1. The van der Waals surface area contributed by atoms with E-state index in [-0.39, 0.29) is 23.1 Å². The topological polar surface area (TPSA) is 131 Å². The molecular weight excluding hydrogens is 445 g/mol. The zero-order valence-electron chi connectivity index (χ0n) is 15.8. The number of anilines is 2. The number of benzene rings is 2. The van der Waals surface area contributed by atoms with E-state index in [4.69, 9.17) is 27.9 Å². The van der Waals surface area contributed by atoms with Crippen LogP contribution in [0.1, 0.15) is 17.2 Å². The molecule has 4 aromatic rings. The van der Waals surface area contributed by atoms with Gasteiger partial charge in [0.05, 0.1) is 12.1 Å². The molecule has 0 spiro atoms. The molecule has 2 aromatic heterocycles. The number of aromatic amines is 1. The fourth-order valence-corrected chi connectivity index (χ4v) is 4.09. The van der Waals surface area contributed by atoms with Crippen LogP contribution < -0.4 is 15.6 Å². The number of aromatic hydroxyl groups is 1. The van der Waals surface area contributed by atoms with E-state index in [0.717, 1.165) is 0 Å². The highest BCUT2D eigenvalue weighted by Crippen LogP contribution is 2.44. The number of phenols is 1. The van der Waals surface area contributed by atoms with Gasteiger partial charge in [-0.3, -0.25) is 4.79 Å². The van der Waals surface area contributed by atoms with Crippen LogP contribution in [0.2, 0.25) is 10.0 Å². The SMILES string of the molecule is COc1cc([C@H]2c3c(-c4ccc(Cl)cc4Cl)n[nH]c(=O)c3Nc3nnnn32)ccc1O. The first kappa shape index (κ1) is 19.3. The molecule has 3 N–H and O–H groups in total. The average Bonchev–Trinajstić information content (AvgIpc) is 3.22. The molecule has 1 aliphatic heterocycles. The lowest BCUT2D eigenvalue weighted by Gasteiger charge is -2.28. The van der Waals surface area contributed by atoms with E-state index < -0.39 is 11.6 Å². The van der Waals surface area contributed by atoms with Crippen molar-refractivity contribution >= 4 is 34.8 Å². The lowest BCUT2D eigenvalue weighted by molar-refractivity contribution is 0.372. The van der Waals surface area contributed by atoms with Gasteiger partial charge in [-0.15, -0.1) is 0 Å². The first-order valence-electron chi connectivity index (χ1n) is 8.97. The first-order valence-corrected chi connectivity index (χ1v) is 9.73. The highest BCUT2D eigenvalue weighted by Gasteiger charge is 2.35. The first-order chi connectivity index (χ1) is 15.0. The Morgan fingerprint density at radius 2 is 2.03 bits per heavy atom. The number of halogens is 2. The Bertz CT molecular complexity index is 1390. The van der Waals surface area contributed by atoms with Crippen molar-refractivity contribution in [2.75, 3.05) is 12.4 Å². The number of fused-ring (bicyclic) bond motifs is 2. The van der Waals surface area contributed by atoms with E-state index in [1.54, 1.807) is 30.3 Å². The van der Waals surface area contributed by atoms with Crippen LogP contribution in [0, 0.1) is 0 Å². The van der Waals surface area contributed by atoms with Crippen molar-refractivity contribution in [3.63, 3.8) is 0 Å². The molecule has 156 valence electrons. The molecule has 0 aliphatic carbocycles. The minimum absolute atomic E-state index is 0.0256. The van der Waals surface area contributed by atoms with E-state index in [1.165, 1.54) is 17.9 Å². The number of tetrazole rings is 1. The minimum atomic E-state index is -0.660. The van der Waals surface area contributed by atoms with Gasteiger partial charge in [0.25, 0.3) is 5.56 Å². The number of hydrogen-bond donors (Lipinski definition) is 3. The van der Waals surface area contributed by atoms with Crippen LogP contribution in [0.25, 0.3) is 11.3 Å². The summed E-state index contributed by atoms with van der Waals surface area (Å²) in [6, 6.07) is 9.16. The molecule has 0 fully saturated rings. The number of rotatable bonds is 3. The van der Waals surface area contributed by atoms with Crippen LogP contribution in [-0.2, 0) is 0 Å². The van der Waals surface area contributed by atoms with Gasteiger partial charge >= 0.3 is 0 Å². The summed E-state index contributed by atoms with van der Waals surface area (Å²) in [5, 5.41) is 32.4. The molecule has 0 bridgehead atoms. The molecule has 0 saturated heterocycles. The van der Waals surface area contributed by atoms with Crippen LogP contribution in [0.4, 0.5) is 11.6 Å². The van der Waals surface area contributed by atoms with Crippen LogP contribution >= 0.6 is 23.2 Å². The Morgan fingerprint density at radius 1 is 1.19 bits per heavy atom. The van der Waals surface area contributed by atoms with E-state index in [2.05, 4.69) is 31.0 Å².